The van der Waals surface area contributed by atoms with Crippen molar-refractivity contribution in [3.63, 3.8) is 0 Å². The standard InChI is InChI=1S/C22H24N6O3/c1-15(16-6-4-3-5-7-16)25-21(30)26-20-12-19-18(13-24-20)22(31-2,27-28(19)14-29)17-8-10-23-11-9-17/h3-13,15,27,29H,14H2,1-2H3,(H2,24,25,26,30). The molecule has 0 bridgehead atoms. The molecule has 9 heteroatoms. The number of hydrazine groups is 1. The van der Waals surface area contributed by atoms with Crippen LogP contribution >= 0.6 is 0 Å². The second-order valence-electron chi connectivity index (χ2n) is 7.12. The number of pyridine rings is 2. The Kier molecular flexibility index (Phi) is 5.81. The minimum Gasteiger partial charge on any atom is -0.375 e. The summed E-state index contributed by atoms with van der Waals surface area (Å²) >= 11 is 0. The van der Waals surface area contributed by atoms with Crippen LogP contribution in [0.1, 0.15) is 29.7 Å². The molecule has 1 aliphatic rings. The Morgan fingerprint density at radius 3 is 2.68 bits per heavy atom. The van der Waals surface area contributed by atoms with Gasteiger partial charge in [0.25, 0.3) is 0 Å². The summed E-state index contributed by atoms with van der Waals surface area (Å²) in [7, 11) is 1.57. The molecule has 3 aromatic rings. The maximum atomic E-state index is 12.5. The van der Waals surface area contributed by atoms with E-state index >= 15 is 0 Å². The van der Waals surface area contributed by atoms with Gasteiger partial charge in [-0.2, -0.15) is 5.43 Å². The van der Waals surface area contributed by atoms with Crippen LogP contribution in [0.4, 0.5) is 16.3 Å². The number of amides is 2. The van der Waals surface area contributed by atoms with Crippen LogP contribution in [0.2, 0.25) is 0 Å². The lowest BCUT2D eigenvalue weighted by molar-refractivity contribution is -0.00487. The van der Waals surface area contributed by atoms with Gasteiger partial charge in [-0.05, 0) is 24.6 Å². The molecule has 4 rings (SSSR count). The van der Waals surface area contributed by atoms with Crippen molar-refractivity contribution < 1.29 is 14.6 Å². The Labute approximate surface area is 180 Å². The van der Waals surface area contributed by atoms with Gasteiger partial charge < -0.3 is 15.2 Å². The van der Waals surface area contributed by atoms with E-state index in [9.17, 15) is 9.90 Å². The number of carbonyl (C=O) groups is 1. The van der Waals surface area contributed by atoms with E-state index in [1.165, 1.54) is 5.01 Å². The molecule has 2 aromatic heterocycles. The predicted octanol–water partition coefficient (Wildman–Crippen LogP) is 2.48. The number of hydrogen-bond acceptors (Lipinski definition) is 7. The topological polar surface area (TPSA) is 112 Å². The average molecular weight is 420 g/mol. The number of carbonyl (C=O) groups excluding carboxylic acids is 1. The number of rotatable bonds is 6. The van der Waals surface area contributed by atoms with Crippen LogP contribution in [0.5, 0.6) is 0 Å². The van der Waals surface area contributed by atoms with E-state index in [0.29, 0.717) is 17.1 Å². The summed E-state index contributed by atoms with van der Waals surface area (Å²) in [6.45, 7) is 1.61. The normalized spacial score (nSPS) is 18.4. The number of hydrogen-bond donors (Lipinski definition) is 4. The van der Waals surface area contributed by atoms with Gasteiger partial charge >= 0.3 is 6.03 Å². The number of aromatic nitrogens is 2. The first-order chi connectivity index (χ1) is 15.1. The van der Waals surface area contributed by atoms with Crippen LogP contribution in [0.15, 0.2) is 67.1 Å². The van der Waals surface area contributed by atoms with Gasteiger partial charge in [-0.3, -0.25) is 15.3 Å². The van der Waals surface area contributed by atoms with Crippen molar-refractivity contribution in [2.24, 2.45) is 0 Å². The predicted molar refractivity (Wildman–Crippen MR) is 116 cm³/mol. The van der Waals surface area contributed by atoms with E-state index in [0.717, 1.165) is 11.1 Å². The van der Waals surface area contributed by atoms with Crippen LogP contribution < -0.4 is 21.1 Å². The maximum absolute atomic E-state index is 12.5. The number of methoxy groups -OCH3 is 1. The SMILES string of the molecule is COC1(c2ccncc2)NN(CO)c2cc(NC(=O)NC(C)c3ccccc3)ncc21. The van der Waals surface area contributed by atoms with Crippen molar-refractivity contribution >= 4 is 17.5 Å². The first-order valence-electron chi connectivity index (χ1n) is 9.82. The van der Waals surface area contributed by atoms with Crippen LogP contribution in [0, 0.1) is 0 Å². The molecule has 1 aromatic carbocycles. The van der Waals surface area contributed by atoms with Crippen molar-refractivity contribution in [2.75, 3.05) is 24.2 Å². The zero-order valence-electron chi connectivity index (χ0n) is 17.2. The molecule has 3 heterocycles. The zero-order valence-corrected chi connectivity index (χ0v) is 17.2. The fraction of sp³-hybridized carbons (Fsp3) is 0.227. The largest absolute Gasteiger partial charge is 0.375 e. The molecule has 2 atom stereocenters. The summed E-state index contributed by atoms with van der Waals surface area (Å²) in [6, 6.07) is 14.5. The molecule has 2 amide bonds. The van der Waals surface area contributed by atoms with Gasteiger partial charge in [0.05, 0.1) is 11.7 Å². The lowest BCUT2D eigenvalue weighted by Gasteiger charge is -2.30. The van der Waals surface area contributed by atoms with E-state index in [2.05, 4.69) is 26.0 Å². The molecular weight excluding hydrogens is 396 g/mol. The fourth-order valence-corrected chi connectivity index (χ4v) is 3.68. The van der Waals surface area contributed by atoms with Crippen molar-refractivity contribution in [2.45, 2.75) is 18.7 Å². The molecule has 9 nitrogen and oxygen atoms in total. The number of benzene rings is 1. The zero-order chi connectivity index (χ0) is 21.8. The van der Waals surface area contributed by atoms with Gasteiger partial charge in [-0.25, -0.2) is 9.78 Å². The highest BCUT2D eigenvalue weighted by Crippen LogP contribution is 2.42. The first-order valence-corrected chi connectivity index (χ1v) is 9.82. The Balaban J connectivity index is 1.57. The van der Waals surface area contributed by atoms with E-state index in [1.54, 1.807) is 31.8 Å². The third-order valence-electron chi connectivity index (χ3n) is 5.27. The average Bonchev–Trinajstić information content (AvgIpc) is 3.14. The van der Waals surface area contributed by atoms with Gasteiger partial charge in [0, 0.05) is 42.9 Å². The summed E-state index contributed by atoms with van der Waals surface area (Å²) in [6.07, 6.45) is 4.96. The third-order valence-corrected chi connectivity index (χ3v) is 5.27. The molecule has 0 radical (unpaired) electrons. The van der Waals surface area contributed by atoms with Crippen molar-refractivity contribution in [1.82, 2.24) is 20.7 Å². The summed E-state index contributed by atoms with van der Waals surface area (Å²) in [4.78, 5) is 20.9. The minimum absolute atomic E-state index is 0.168. The molecule has 0 spiro atoms. The van der Waals surface area contributed by atoms with Crippen LogP contribution in [-0.2, 0) is 10.5 Å². The van der Waals surface area contributed by atoms with Gasteiger partial charge in [-0.1, -0.05) is 30.3 Å². The second-order valence-corrected chi connectivity index (χ2v) is 7.12. The lowest BCUT2D eigenvalue weighted by atomic mass is 9.97. The smallest absolute Gasteiger partial charge is 0.320 e. The van der Waals surface area contributed by atoms with Crippen molar-refractivity contribution in [3.05, 3.63) is 83.8 Å². The Morgan fingerprint density at radius 1 is 1.26 bits per heavy atom. The highest BCUT2D eigenvalue weighted by Gasteiger charge is 2.45. The Morgan fingerprint density at radius 2 is 2.00 bits per heavy atom. The number of ether oxygens (including phenoxy) is 1. The van der Waals surface area contributed by atoms with E-state index in [-0.39, 0.29) is 18.8 Å². The fourth-order valence-electron chi connectivity index (χ4n) is 3.68. The third kappa shape index (κ3) is 3.93. The highest BCUT2D eigenvalue weighted by atomic mass is 16.5. The summed E-state index contributed by atoms with van der Waals surface area (Å²) in [5.41, 5.74) is 5.30. The van der Waals surface area contributed by atoms with E-state index in [1.807, 2.05) is 49.4 Å². The summed E-state index contributed by atoms with van der Waals surface area (Å²) < 4.78 is 5.83. The van der Waals surface area contributed by atoms with Crippen LogP contribution in [-0.4, -0.2) is 34.9 Å². The van der Waals surface area contributed by atoms with Crippen molar-refractivity contribution in [1.29, 1.82) is 0 Å². The van der Waals surface area contributed by atoms with Gasteiger partial charge in [0.1, 0.15) is 12.5 Å². The molecule has 0 saturated heterocycles. The quantitative estimate of drug-likeness (QED) is 0.485. The maximum Gasteiger partial charge on any atom is 0.320 e. The van der Waals surface area contributed by atoms with Gasteiger partial charge in [0.2, 0.25) is 0 Å². The minimum atomic E-state index is -1.03. The molecule has 31 heavy (non-hydrogen) atoms. The number of urea groups is 1. The van der Waals surface area contributed by atoms with Crippen LogP contribution in [0.3, 0.4) is 0 Å². The molecule has 160 valence electrons. The molecule has 0 aliphatic carbocycles. The van der Waals surface area contributed by atoms with Gasteiger partial charge in [-0.15, -0.1) is 0 Å². The Hall–Kier alpha value is -3.53. The van der Waals surface area contributed by atoms with E-state index in [4.69, 9.17) is 4.74 Å². The molecule has 2 unspecified atom stereocenters. The number of anilines is 2. The number of aliphatic hydroxyl groups excluding tert-OH is 1. The lowest BCUT2D eigenvalue weighted by Crippen LogP contribution is -2.48. The monoisotopic (exact) mass is 420 g/mol. The first kappa shape index (κ1) is 20.7. The molecule has 0 fully saturated rings. The number of fused-ring (bicyclic) bond motifs is 1. The number of nitrogens with zero attached hydrogens (tertiary/aromatic N) is 3. The number of nitrogens with one attached hydrogen (secondary N) is 3. The summed E-state index contributed by atoms with van der Waals surface area (Å²) in [5.74, 6) is 0.346. The molecule has 0 saturated carbocycles. The number of aliphatic hydroxyl groups is 1. The highest BCUT2D eigenvalue weighted by molar-refractivity contribution is 5.89. The van der Waals surface area contributed by atoms with Gasteiger partial charge in [0.15, 0.2) is 5.72 Å². The summed E-state index contributed by atoms with van der Waals surface area (Å²) in [5, 5.41) is 17.1. The van der Waals surface area contributed by atoms with E-state index < -0.39 is 5.72 Å². The molecular formula is C22H24N6O3. The molecule has 4 N–H and O–H groups in total. The Bertz CT molecular complexity index is 1050. The molecule has 1 aliphatic heterocycles. The second kappa shape index (κ2) is 8.68. The van der Waals surface area contributed by atoms with Crippen molar-refractivity contribution in [3.8, 4) is 0 Å². The van der Waals surface area contributed by atoms with Crippen LogP contribution in [0.25, 0.3) is 0 Å².